The van der Waals surface area contributed by atoms with Crippen LogP contribution in [-0.2, 0) is 11.2 Å². The second kappa shape index (κ2) is 8.20. The second-order valence-corrected chi connectivity index (χ2v) is 5.44. The first-order valence-electron chi connectivity index (χ1n) is 7.01. The lowest BCUT2D eigenvalue weighted by atomic mass is 10.2. The van der Waals surface area contributed by atoms with Gasteiger partial charge in [-0.25, -0.2) is 4.98 Å². The van der Waals surface area contributed by atoms with Gasteiger partial charge in [0.2, 0.25) is 11.1 Å². The number of carbonyl (C=O) groups excluding carboxylic acids is 1. The summed E-state index contributed by atoms with van der Waals surface area (Å²) in [5.74, 6) is 0.982. The van der Waals surface area contributed by atoms with Crippen molar-refractivity contribution in [1.29, 1.82) is 5.26 Å². The van der Waals surface area contributed by atoms with E-state index in [9.17, 15) is 4.79 Å². The van der Waals surface area contributed by atoms with Gasteiger partial charge in [0.25, 0.3) is 0 Å². The number of nitrogens with one attached hydrogen (secondary N) is 1. The third-order valence-electron chi connectivity index (χ3n) is 2.99. The molecule has 0 atom stereocenters. The van der Waals surface area contributed by atoms with Crippen LogP contribution in [0.25, 0.3) is 0 Å². The molecule has 7 heteroatoms. The van der Waals surface area contributed by atoms with Crippen molar-refractivity contribution in [1.82, 2.24) is 15.2 Å². The van der Waals surface area contributed by atoms with Crippen molar-refractivity contribution in [3.05, 3.63) is 36.2 Å². The third kappa shape index (κ3) is 4.33. The normalized spacial score (nSPS) is 10.2. The molecule has 0 fully saturated rings. The number of rotatable bonds is 7. The van der Waals surface area contributed by atoms with Crippen molar-refractivity contribution in [2.75, 3.05) is 17.2 Å². The fourth-order valence-electron chi connectivity index (χ4n) is 1.87. The molecule has 1 N–H and O–H groups in total. The molecule has 1 amide bonds. The Bertz CT molecular complexity index is 649. The maximum absolute atomic E-state index is 12.4. The van der Waals surface area contributed by atoms with Crippen molar-refractivity contribution in [3.63, 3.8) is 0 Å². The van der Waals surface area contributed by atoms with Gasteiger partial charge in [0.15, 0.2) is 0 Å². The fourth-order valence-corrected chi connectivity index (χ4v) is 2.57. The lowest BCUT2D eigenvalue weighted by Gasteiger charge is -2.21. The van der Waals surface area contributed by atoms with Gasteiger partial charge in [0, 0.05) is 18.7 Å². The smallest absolute Gasteiger partial charge is 0.237 e. The minimum Gasteiger partial charge on any atom is -0.311 e. The van der Waals surface area contributed by atoms with Crippen LogP contribution in [0.4, 0.5) is 5.69 Å². The molecular weight excluding hydrogens is 298 g/mol. The maximum atomic E-state index is 12.4. The standard InChI is InChI=1S/C15H17N5OS/c1-2-13-17-15(19-18-13)22-11-14(21)20(10-6-9-16)12-7-4-3-5-8-12/h3-5,7-8H,2,6,10-11H2,1H3,(H,17,18,19). The number of benzene rings is 1. The molecule has 2 rings (SSSR count). The van der Waals surface area contributed by atoms with E-state index < -0.39 is 0 Å². The molecule has 0 saturated heterocycles. The lowest BCUT2D eigenvalue weighted by Crippen LogP contribution is -2.33. The summed E-state index contributed by atoms with van der Waals surface area (Å²) < 4.78 is 0. The number of thioether (sulfide) groups is 1. The summed E-state index contributed by atoms with van der Waals surface area (Å²) in [5.41, 5.74) is 0.799. The summed E-state index contributed by atoms with van der Waals surface area (Å²) in [7, 11) is 0. The van der Waals surface area contributed by atoms with Crippen LogP contribution in [-0.4, -0.2) is 33.4 Å². The summed E-state index contributed by atoms with van der Waals surface area (Å²) >= 11 is 1.29. The maximum Gasteiger partial charge on any atom is 0.237 e. The number of carbonyl (C=O) groups is 1. The zero-order valence-corrected chi connectivity index (χ0v) is 13.1. The molecular formula is C15H17N5OS. The van der Waals surface area contributed by atoms with Crippen LogP contribution < -0.4 is 4.90 Å². The minimum atomic E-state index is -0.0608. The topological polar surface area (TPSA) is 85.7 Å². The average molecular weight is 315 g/mol. The number of nitrogens with zero attached hydrogens (tertiary/aromatic N) is 4. The molecule has 0 radical (unpaired) electrons. The van der Waals surface area contributed by atoms with Crippen molar-refractivity contribution in [3.8, 4) is 6.07 Å². The Morgan fingerprint density at radius 2 is 2.18 bits per heavy atom. The Morgan fingerprint density at radius 3 is 2.82 bits per heavy atom. The number of amides is 1. The van der Waals surface area contributed by atoms with Gasteiger partial charge in [-0.1, -0.05) is 36.9 Å². The number of anilines is 1. The minimum absolute atomic E-state index is 0.0608. The largest absolute Gasteiger partial charge is 0.311 e. The SMILES string of the molecule is CCc1nc(SCC(=O)N(CCC#N)c2ccccc2)n[nH]1. The first kappa shape index (κ1) is 16.0. The number of aromatic amines is 1. The van der Waals surface area contributed by atoms with Crippen LogP contribution in [0.3, 0.4) is 0 Å². The lowest BCUT2D eigenvalue weighted by molar-refractivity contribution is -0.116. The van der Waals surface area contributed by atoms with E-state index in [0.29, 0.717) is 18.1 Å². The van der Waals surface area contributed by atoms with Gasteiger partial charge >= 0.3 is 0 Å². The molecule has 0 saturated carbocycles. The second-order valence-electron chi connectivity index (χ2n) is 4.50. The van der Waals surface area contributed by atoms with Crippen LogP contribution >= 0.6 is 11.8 Å². The van der Waals surface area contributed by atoms with E-state index in [0.717, 1.165) is 17.9 Å². The van der Waals surface area contributed by atoms with Crippen molar-refractivity contribution in [2.45, 2.75) is 24.9 Å². The van der Waals surface area contributed by atoms with Crippen LogP contribution in [0, 0.1) is 11.3 Å². The van der Waals surface area contributed by atoms with Gasteiger partial charge in [0.1, 0.15) is 5.82 Å². The van der Waals surface area contributed by atoms with Gasteiger partial charge in [-0.3, -0.25) is 9.89 Å². The van der Waals surface area contributed by atoms with Gasteiger partial charge in [0.05, 0.1) is 18.2 Å². The summed E-state index contributed by atoms with van der Waals surface area (Å²) in [6.07, 6.45) is 1.08. The summed E-state index contributed by atoms with van der Waals surface area (Å²) in [6, 6.07) is 11.4. The predicted molar refractivity (Wildman–Crippen MR) is 85.5 cm³/mol. The number of para-hydroxylation sites is 1. The molecule has 0 spiro atoms. The van der Waals surface area contributed by atoms with E-state index in [-0.39, 0.29) is 11.7 Å². The molecule has 114 valence electrons. The molecule has 0 aliphatic rings. The zero-order chi connectivity index (χ0) is 15.8. The van der Waals surface area contributed by atoms with Gasteiger partial charge < -0.3 is 4.90 Å². The highest BCUT2D eigenvalue weighted by Gasteiger charge is 2.16. The van der Waals surface area contributed by atoms with Crippen LogP contribution in [0.2, 0.25) is 0 Å². The number of hydrogen-bond donors (Lipinski definition) is 1. The van der Waals surface area contributed by atoms with Gasteiger partial charge in [-0.2, -0.15) is 5.26 Å². The third-order valence-corrected chi connectivity index (χ3v) is 3.82. The molecule has 0 bridgehead atoms. The molecule has 0 unspecified atom stereocenters. The van der Waals surface area contributed by atoms with Gasteiger partial charge in [-0.15, -0.1) is 5.10 Å². The predicted octanol–water partition coefficient (Wildman–Crippen LogP) is 2.41. The zero-order valence-electron chi connectivity index (χ0n) is 12.3. The highest BCUT2D eigenvalue weighted by Crippen LogP contribution is 2.18. The molecule has 1 aromatic heterocycles. The summed E-state index contributed by atoms with van der Waals surface area (Å²) in [6.45, 7) is 2.37. The number of hydrogen-bond acceptors (Lipinski definition) is 5. The van der Waals surface area contributed by atoms with Crippen molar-refractivity contribution in [2.24, 2.45) is 0 Å². The molecule has 2 aromatic rings. The molecule has 22 heavy (non-hydrogen) atoms. The Balaban J connectivity index is 2.01. The Kier molecular flexibility index (Phi) is 5.98. The van der Waals surface area contributed by atoms with Crippen molar-refractivity contribution >= 4 is 23.4 Å². The monoisotopic (exact) mass is 315 g/mol. The quantitative estimate of drug-likeness (QED) is 0.793. The molecule has 0 aliphatic carbocycles. The first-order valence-corrected chi connectivity index (χ1v) is 7.99. The van der Waals surface area contributed by atoms with Crippen LogP contribution in [0.5, 0.6) is 0 Å². The molecule has 0 aliphatic heterocycles. The molecule has 1 aromatic carbocycles. The van der Waals surface area contributed by atoms with E-state index in [4.69, 9.17) is 5.26 Å². The summed E-state index contributed by atoms with van der Waals surface area (Å²) in [5, 5.41) is 16.2. The summed E-state index contributed by atoms with van der Waals surface area (Å²) in [4.78, 5) is 18.3. The number of aromatic nitrogens is 3. The van der Waals surface area contributed by atoms with E-state index in [1.54, 1.807) is 4.90 Å². The first-order chi connectivity index (χ1) is 10.7. The van der Waals surface area contributed by atoms with E-state index in [1.807, 2.05) is 37.3 Å². The average Bonchev–Trinajstić information content (AvgIpc) is 3.02. The van der Waals surface area contributed by atoms with Crippen LogP contribution in [0.15, 0.2) is 35.5 Å². The Hall–Kier alpha value is -2.33. The highest BCUT2D eigenvalue weighted by molar-refractivity contribution is 7.99. The van der Waals surface area contributed by atoms with Gasteiger partial charge in [-0.05, 0) is 12.1 Å². The number of H-pyrrole nitrogens is 1. The van der Waals surface area contributed by atoms with Crippen molar-refractivity contribution < 1.29 is 4.79 Å². The van der Waals surface area contributed by atoms with E-state index in [2.05, 4.69) is 21.3 Å². The molecule has 1 heterocycles. The Labute approximate surface area is 133 Å². The van der Waals surface area contributed by atoms with E-state index in [1.165, 1.54) is 11.8 Å². The number of aryl methyl sites for hydroxylation is 1. The van der Waals surface area contributed by atoms with E-state index >= 15 is 0 Å². The number of nitriles is 1. The highest BCUT2D eigenvalue weighted by atomic mass is 32.2. The Morgan fingerprint density at radius 1 is 1.41 bits per heavy atom. The fraction of sp³-hybridized carbons (Fsp3) is 0.333. The molecule has 6 nitrogen and oxygen atoms in total. The van der Waals surface area contributed by atoms with Crippen LogP contribution in [0.1, 0.15) is 19.2 Å².